The van der Waals surface area contributed by atoms with Crippen molar-refractivity contribution in [3.63, 3.8) is 0 Å². The Kier molecular flexibility index (Phi) is 6.73. The molecule has 0 radical (unpaired) electrons. The van der Waals surface area contributed by atoms with Crippen LogP contribution in [0.3, 0.4) is 0 Å². The van der Waals surface area contributed by atoms with E-state index in [1.807, 2.05) is 13.8 Å². The number of hydrogen-bond acceptors (Lipinski definition) is 5. The number of rotatable bonds is 6. The van der Waals surface area contributed by atoms with Crippen molar-refractivity contribution in [2.24, 2.45) is 5.92 Å². The van der Waals surface area contributed by atoms with Crippen LogP contribution in [0.1, 0.15) is 26.0 Å². The van der Waals surface area contributed by atoms with E-state index >= 15 is 0 Å². The molecule has 1 N–H and O–H groups in total. The number of hydrogen-bond donors (Lipinski definition) is 1. The first-order valence-corrected chi connectivity index (χ1v) is 10.7. The number of aliphatic carboxylic acids is 1. The summed E-state index contributed by atoms with van der Waals surface area (Å²) in [6.45, 7) is 3.80. The molecule has 1 fully saturated rings. The number of carbonyl (C=O) groups excluding carboxylic acids is 1. The van der Waals surface area contributed by atoms with Crippen LogP contribution < -0.4 is 0 Å². The summed E-state index contributed by atoms with van der Waals surface area (Å²) in [6, 6.07) is 7.47. The fourth-order valence-corrected chi connectivity index (χ4v) is 4.62. The molecule has 1 aromatic carbocycles. The maximum absolute atomic E-state index is 12.8. The van der Waals surface area contributed by atoms with Gasteiger partial charge in [-0.3, -0.25) is 9.69 Å². The number of thiocarbonyl (C=S) groups is 1. The van der Waals surface area contributed by atoms with E-state index in [-0.39, 0.29) is 10.2 Å². The fraction of sp³-hybridized carbons (Fsp3) is 0.250. The minimum absolute atomic E-state index is 0.0970. The Hall–Kier alpha value is -1.80. The highest BCUT2D eigenvalue weighted by molar-refractivity contribution is 8.26. The molecule has 2 aromatic rings. The van der Waals surface area contributed by atoms with E-state index in [0.717, 1.165) is 11.8 Å². The highest BCUT2D eigenvalue weighted by Gasteiger charge is 2.40. The van der Waals surface area contributed by atoms with E-state index in [1.54, 1.807) is 36.4 Å². The summed E-state index contributed by atoms with van der Waals surface area (Å²) in [5.74, 6) is -0.492. The quantitative estimate of drug-likeness (QED) is 0.415. The summed E-state index contributed by atoms with van der Waals surface area (Å²) >= 11 is 18.6. The van der Waals surface area contributed by atoms with Gasteiger partial charge in [0.25, 0.3) is 5.91 Å². The summed E-state index contributed by atoms with van der Waals surface area (Å²) in [7, 11) is 0. The molecular weight excluding hydrogens is 453 g/mol. The van der Waals surface area contributed by atoms with Crippen LogP contribution >= 0.6 is 47.2 Å². The Morgan fingerprint density at radius 1 is 1.31 bits per heavy atom. The van der Waals surface area contributed by atoms with Gasteiger partial charge in [0.2, 0.25) is 0 Å². The first-order chi connectivity index (χ1) is 13.7. The Morgan fingerprint density at radius 3 is 2.69 bits per heavy atom. The van der Waals surface area contributed by atoms with Gasteiger partial charge in [-0.2, -0.15) is 0 Å². The van der Waals surface area contributed by atoms with Crippen LogP contribution in [0.5, 0.6) is 0 Å². The van der Waals surface area contributed by atoms with Gasteiger partial charge < -0.3 is 9.52 Å². The van der Waals surface area contributed by atoms with Crippen LogP contribution in [0.25, 0.3) is 17.4 Å². The van der Waals surface area contributed by atoms with E-state index in [9.17, 15) is 14.7 Å². The largest absolute Gasteiger partial charge is 0.480 e. The van der Waals surface area contributed by atoms with Crippen molar-refractivity contribution in [2.45, 2.75) is 26.3 Å². The number of carbonyl (C=O) groups is 2. The molecule has 0 unspecified atom stereocenters. The topological polar surface area (TPSA) is 70.8 Å². The van der Waals surface area contributed by atoms with Gasteiger partial charge in [0.05, 0.1) is 9.93 Å². The van der Waals surface area contributed by atoms with Gasteiger partial charge in [0.15, 0.2) is 0 Å². The van der Waals surface area contributed by atoms with Gasteiger partial charge in [-0.15, -0.1) is 0 Å². The number of carboxylic acid groups (broad SMARTS) is 1. The Balaban J connectivity index is 1.87. The fourth-order valence-electron chi connectivity index (χ4n) is 2.90. The second kappa shape index (κ2) is 8.92. The summed E-state index contributed by atoms with van der Waals surface area (Å²) in [6.07, 6.45) is 1.86. The molecule has 0 aliphatic carbocycles. The third-order valence-corrected chi connectivity index (χ3v) is 6.10. The molecule has 1 amide bonds. The molecule has 5 nitrogen and oxygen atoms in total. The van der Waals surface area contributed by atoms with Crippen molar-refractivity contribution >= 4 is 69.5 Å². The normalized spacial score (nSPS) is 16.9. The first kappa shape index (κ1) is 21.9. The van der Waals surface area contributed by atoms with Gasteiger partial charge in [-0.1, -0.05) is 61.0 Å². The van der Waals surface area contributed by atoms with Crippen molar-refractivity contribution in [3.8, 4) is 11.3 Å². The molecule has 9 heteroatoms. The molecule has 1 saturated heterocycles. The van der Waals surface area contributed by atoms with Gasteiger partial charge in [0, 0.05) is 16.7 Å². The molecule has 0 spiro atoms. The van der Waals surface area contributed by atoms with Crippen LogP contribution in [-0.4, -0.2) is 32.2 Å². The number of thioether (sulfide) groups is 1. The van der Waals surface area contributed by atoms with Gasteiger partial charge in [0.1, 0.15) is 21.9 Å². The average molecular weight is 470 g/mol. The van der Waals surface area contributed by atoms with Gasteiger partial charge in [-0.05, 0) is 42.7 Å². The Bertz CT molecular complexity index is 1020. The van der Waals surface area contributed by atoms with E-state index in [2.05, 4.69) is 0 Å². The lowest BCUT2D eigenvalue weighted by Gasteiger charge is -2.24. The molecule has 1 aliphatic heterocycles. The van der Waals surface area contributed by atoms with Crippen molar-refractivity contribution in [3.05, 3.63) is 51.0 Å². The molecule has 3 rings (SSSR count). The highest BCUT2D eigenvalue weighted by atomic mass is 35.5. The molecule has 0 saturated carbocycles. The number of halogens is 2. The predicted octanol–water partition coefficient (Wildman–Crippen LogP) is 5.95. The van der Waals surface area contributed by atoms with Crippen LogP contribution in [0.15, 0.2) is 39.7 Å². The van der Waals surface area contributed by atoms with Crippen molar-refractivity contribution < 1.29 is 19.1 Å². The SMILES string of the molecule is CC(C)C[C@@H](C(=O)O)N1C(=O)/C(=C\c2ccc(-c3cc(Cl)ccc3Cl)o2)SC1=S. The first-order valence-electron chi connectivity index (χ1n) is 8.72. The zero-order valence-corrected chi connectivity index (χ0v) is 18.7. The molecule has 0 bridgehead atoms. The zero-order valence-electron chi connectivity index (χ0n) is 15.5. The molecule has 1 atom stereocenters. The van der Waals surface area contributed by atoms with Crippen LogP contribution in [-0.2, 0) is 9.59 Å². The zero-order chi connectivity index (χ0) is 21.3. The van der Waals surface area contributed by atoms with Crippen molar-refractivity contribution in [1.82, 2.24) is 4.90 Å². The van der Waals surface area contributed by atoms with Crippen LogP contribution in [0.4, 0.5) is 0 Å². The van der Waals surface area contributed by atoms with E-state index in [0.29, 0.717) is 38.5 Å². The highest BCUT2D eigenvalue weighted by Crippen LogP contribution is 2.37. The molecule has 152 valence electrons. The number of carboxylic acids is 1. The van der Waals surface area contributed by atoms with Crippen LogP contribution in [0.2, 0.25) is 10.0 Å². The number of nitrogens with zero attached hydrogens (tertiary/aromatic N) is 1. The minimum Gasteiger partial charge on any atom is -0.480 e. The van der Waals surface area contributed by atoms with E-state index in [1.165, 1.54) is 4.90 Å². The summed E-state index contributed by atoms with van der Waals surface area (Å²) in [5, 5.41) is 10.6. The lowest BCUT2D eigenvalue weighted by Crippen LogP contribution is -2.44. The molecule has 1 aliphatic rings. The van der Waals surface area contributed by atoms with E-state index in [4.69, 9.17) is 39.8 Å². The minimum atomic E-state index is -1.08. The standard InChI is InChI=1S/C20H17Cl2NO4S2/c1-10(2)7-15(19(25)26)23-18(24)17(29-20(23)28)9-12-4-6-16(27-12)13-8-11(21)3-5-14(13)22/h3-6,8-10,15H,7H2,1-2H3,(H,25,26)/b17-9+/t15-/m0/s1. The molecular formula is C20H17Cl2NO4S2. The molecule has 2 heterocycles. The Labute approximate surface area is 187 Å². The second-order valence-corrected chi connectivity index (χ2v) is 9.38. The Morgan fingerprint density at radius 2 is 2.03 bits per heavy atom. The maximum Gasteiger partial charge on any atom is 0.326 e. The lowest BCUT2D eigenvalue weighted by molar-refractivity contribution is -0.145. The van der Waals surface area contributed by atoms with E-state index < -0.39 is 17.9 Å². The number of furan rings is 1. The van der Waals surface area contributed by atoms with Crippen molar-refractivity contribution in [2.75, 3.05) is 0 Å². The monoisotopic (exact) mass is 469 g/mol. The third-order valence-electron chi connectivity index (χ3n) is 4.21. The summed E-state index contributed by atoms with van der Waals surface area (Å²) in [4.78, 5) is 26.0. The summed E-state index contributed by atoms with van der Waals surface area (Å²) in [5.41, 5.74) is 0.634. The molecule has 29 heavy (non-hydrogen) atoms. The average Bonchev–Trinajstić information content (AvgIpc) is 3.20. The lowest BCUT2D eigenvalue weighted by atomic mass is 10.0. The van der Waals surface area contributed by atoms with Crippen LogP contribution in [0, 0.1) is 5.92 Å². The van der Waals surface area contributed by atoms with Crippen molar-refractivity contribution in [1.29, 1.82) is 0 Å². The number of benzene rings is 1. The summed E-state index contributed by atoms with van der Waals surface area (Å²) < 4.78 is 6.02. The smallest absolute Gasteiger partial charge is 0.326 e. The second-order valence-electron chi connectivity index (χ2n) is 6.86. The van der Waals surface area contributed by atoms with Gasteiger partial charge >= 0.3 is 5.97 Å². The maximum atomic E-state index is 12.8. The predicted molar refractivity (Wildman–Crippen MR) is 120 cm³/mol. The molecule has 1 aromatic heterocycles. The van der Waals surface area contributed by atoms with Gasteiger partial charge in [-0.25, -0.2) is 4.79 Å². The number of amides is 1. The third kappa shape index (κ3) is 4.86.